The van der Waals surface area contributed by atoms with E-state index in [0.717, 1.165) is 19.6 Å². The van der Waals surface area contributed by atoms with Gasteiger partial charge in [-0.2, -0.15) is 0 Å². The van der Waals surface area contributed by atoms with Gasteiger partial charge in [0.2, 0.25) is 10.0 Å². The van der Waals surface area contributed by atoms with Gasteiger partial charge >= 0.3 is 0 Å². The lowest BCUT2D eigenvalue weighted by Gasteiger charge is -2.33. The molecule has 1 aliphatic rings. The third-order valence-corrected chi connectivity index (χ3v) is 6.40. The average molecular weight is 425 g/mol. The van der Waals surface area contributed by atoms with Crippen molar-refractivity contribution in [1.82, 2.24) is 9.62 Å². The van der Waals surface area contributed by atoms with Crippen LogP contribution in [0.1, 0.15) is 18.1 Å². The first kappa shape index (κ1) is 21.1. The summed E-state index contributed by atoms with van der Waals surface area (Å²) in [5.41, 5.74) is 1.17. The summed E-state index contributed by atoms with van der Waals surface area (Å²) in [6.45, 7) is 3.45. The largest absolute Gasteiger partial charge is 0.495 e. The molecule has 1 N–H and O–H groups in total. The fraction of sp³-hybridized carbons (Fsp3) is 0.400. The van der Waals surface area contributed by atoms with Crippen molar-refractivity contribution in [2.24, 2.45) is 0 Å². The minimum absolute atomic E-state index is 0.0537. The van der Waals surface area contributed by atoms with E-state index in [0.29, 0.717) is 24.6 Å². The highest BCUT2D eigenvalue weighted by atomic mass is 35.5. The zero-order valence-corrected chi connectivity index (χ0v) is 17.4. The Labute approximate surface area is 171 Å². The van der Waals surface area contributed by atoms with Gasteiger partial charge in [-0.3, -0.25) is 4.90 Å². The summed E-state index contributed by atoms with van der Waals surface area (Å²) in [5.74, 6) is 0.274. The Hall–Kier alpha value is -1.64. The number of halogens is 1. The molecule has 1 aliphatic heterocycles. The van der Waals surface area contributed by atoms with E-state index in [9.17, 15) is 8.42 Å². The number of benzene rings is 2. The molecule has 0 aliphatic carbocycles. The van der Waals surface area contributed by atoms with E-state index >= 15 is 0 Å². The van der Waals surface area contributed by atoms with E-state index in [1.165, 1.54) is 18.7 Å². The number of rotatable bonds is 8. The van der Waals surface area contributed by atoms with Crippen LogP contribution >= 0.6 is 11.6 Å². The Bertz CT molecular complexity index is 877. The van der Waals surface area contributed by atoms with Crippen LogP contribution in [0.15, 0.2) is 53.4 Å². The molecule has 2 aromatic rings. The van der Waals surface area contributed by atoms with Gasteiger partial charge in [0.15, 0.2) is 0 Å². The number of nitrogens with one attached hydrogen (secondary N) is 1. The van der Waals surface area contributed by atoms with E-state index in [1.807, 2.05) is 18.2 Å². The summed E-state index contributed by atoms with van der Waals surface area (Å²) >= 11 is 5.94. The van der Waals surface area contributed by atoms with Crippen molar-refractivity contribution < 1.29 is 17.9 Å². The molecule has 1 atom stereocenters. The lowest BCUT2D eigenvalue weighted by atomic mass is 10.1. The first-order valence-corrected chi connectivity index (χ1v) is 11.1. The zero-order chi connectivity index (χ0) is 20.0. The first-order valence-electron chi connectivity index (χ1n) is 9.22. The molecule has 1 fully saturated rings. The quantitative estimate of drug-likeness (QED) is 0.659. The minimum Gasteiger partial charge on any atom is -0.495 e. The first-order chi connectivity index (χ1) is 13.5. The molecule has 6 nitrogen and oxygen atoms in total. The van der Waals surface area contributed by atoms with Crippen LogP contribution in [-0.2, 0) is 14.8 Å². The fourth-order valence-corrected chi connectivity index (χ4v) is 4.73. The van der Waals surface area contributed by atoms with E-state index in [4.69, 9.17) is 21.1 Å². The molecule has 1 heterocycles. The Morgan fingerprint density at radius 3 is 2.79 bits per heavy atom. The molecular formula is C20H25ClN2O4S. The van der Waals surface area contributed by atoms with Crippen LogP contribution in [0.4, 0.5) is 0 Å². The summed E-state index contributed by atoms with van der Waals surface area (Å²) in [6, 6.07) is 14.7. The number of nitrogens with zero attached hydrogens (tertiary/aromatic N) is 1. The van der Waals surface area contributed by atoms with E-state index < -0.39 is 10.0 Å². The highest BCUT2D eigenvalue weighted by Crippen LogP contribution is 2.27. The van der Waals surface area contributed by atoms with Gasteiger partial charge in [0.1, 0.15) is 10.6 Å². The summed E-state index contributed by atoms with van der Waals surface area (Å²) in [4.78, 5) is 2.35. The lowest BCUT2D eigenvalue weighted by molar-refractivity contribution is -0.0300. The maximum Gasteiger partial charge on any atom is 0.244 e. The monoisotopic (exact) mass is 424 g/mol. The summed E-state index contributed by atoms with van der Waals surface area (Å²) < 4.78 is 38.8. The van der Waals surface area contributed by atoms with E-state index in [-0.39, 0.29) is 16.7 Å². The molecule has 0 saturated carbocycles. The van der Waals surface area contributed by atoms with Crippen molar-refractivity contribution in [2.75, 3.05) is 39.9 Å². The molecule has 1 saturated heterocycles. The Kier molecular flexibility index (Phi) is 7.31. The second-order valence-electron chi connectivity index (χ2n) is 6.62. The summed E-state index contributed by atoms with van der Waals surface area (Å²) in [5, 5.41) is 0.349. The van der Waals surface area contributed by atoms with Crippen molar-refractivity contribution in [3.05, 3.63) is 59.1 Å². The molecule has 0 amide bonds. The number of hydrogen-bond acceptors (Lipinski definition) is 5. The molecule has 0 spiro atoms. The molecule has 0 radical (unpaired) electrons. The van der Waals surface area contributed by atoms with Gasteiger partial charge in [0, 0.05) is 24.7 Å². The van der Waals surface area contributed by atoms with Crippen LogP contribution in [0.25, 0.3) is 0 Å². The average Bonchev–Trinajstić information content (AvgIpc) is 2.72. The molecule has 0 bridgehead atoms. The van der Waals surface area contributed by atoms with Crippen LogP contribution in [0.2, 0.25) is 5.02 Å². The number of morpholine rings is 1. The van der Waals surface area contributed by atoms with Crippen LogP contribution < -0.4 is 9.46 Å². The number of sulfonamides is 1. The van der Waals surface area contributed by atoms with Gasteiger partial charge in [-0.1, -0.05) is 41.9 Å². The Morgan fingerprint density at radius 1 is 1.25 bits per heavy atom. The number of hydrogen-bond donors (Lipinski definition) is 1. The third-order valence-electron chi connectivity index (χ3n) is 4.68. The van der Waals surface area contributed by atoms with Crippen LogP contribution in [-0.4, -0.2) is 53.2 Å². The van der Waals surface area contributed by atoms with Crippen LogP contribution in [0, 0.1) is 0 Å². The molecule has 0 unspecified atom stereocenters. The molecular weight excluding hydrogens is 400 g/mol. The SMILES string of the molecule is COc1ccc(Cl)cc1S(=O)(=O)NCCCN1CCO[C@H](c2ccccc2)C1. The normalized spacial score (nSPS) is 18.1. The maximum absolute atomic E-state index is 12.6. The summed E-state index contributed by atoms with van der Waals surface area (Å²) in [7, 11) is -2.25. The molecule has 8 heteroatoms. The number of methoxy groups -OCH3 is 1. The highest BCUT2D eigenvalue weighted by Gasteiger charge is 2.22. The van der Waals surface area contributed by atoms with Crippen molar-refractivity contribution in [3.8, 4) is 5.75 Å². The predicted octanol–water partition coefficient (Wildman–Crippen LogP) is 3.09. The van der Waals surface area contributed by atoms with Crippen LogP contribution in [0.5, 0.6) is 5.75 Å². The number of ether oxygens (including phenoxy) is 2. The maximum atomic E-state index is 12.6. The molecule has 28 heavy (non-hydrogen) atoms. The molecule has 3 rings (SSSR count). The van der Waals surface area contributed by atoms with Gasteiger partial charge in [-0.25, -0.2) is 13.1 Å². The van der Waals surface area contributed by atoms with Gasteiger partial charge < -0.3 is 9.47 Å². The lowest BCUT2D eigenvalue weighted by Crippen LogP contribution is -2.39. The van der Waals surface area contributed by atoms with Crippen molar-refractivity contribution >= 4 is 21.6 Å². The molecule has 2 aromatic carbocycles. The smallest absolute Gasteiger partial charge is 0.244 e. The Balaban J connectivity index is 1.51. The molecule has 152 valence electrons. The summed E-state index contributed by atoms with van der Waals surface area (Å²) in [6.07, 6.45) is 0.756. The van der Waals surface area contributed by atoms with Gasteiger partial charge in [0.25, 0.3) is 0 Å². The topological polar surface area (TPSA) is 67.9 Å². The second kappa shape index (κ2) is 9.71. The zero-order valence-electron chi connectivity index (χ0n) is 15.8. The Morgan fingerprint density at radius 2 is 2.04 bits per heavy atom. The van der Waals surface area contributed by atoms with Gasteiger partial charge in [0.05, 0.1) is 19.8 Å². The van der Waals surface area contributed by atoms with Crippen molar-refractivity contribution in [1.29, 1.82) is 0 Å². The minimum atomic E-state index is -3.68. The van der Waals surface area contributed by atoms with Gasteiger partial charge in [-0.05, 0) is 36.7 Å². The highest BCUT2D eigenvalue weighted by molar-refractivity contribution is 7.89. The van der Waals surface area contributed by atoms with Crippen molar-refractivity contribution in [2.45, 2.75) is 17.4 Å². The van der Waals surface area contributed by atoms with Gasteiger partial charge in [-0.15, -0.1) is 0 Å². The third kappa shape index (κ3) is 5.46. The van der Waals surface area contributed by atoms with E-state index in [1.54, 1.807) is 12.1 Å². The second-order valence-corrected chi connectivity index (χ2v) is 8.79. The van der Waals surface area contributed by atoms with Crippen LogP contribution in [0.3, 0.4) is 0 Å². The standard InChI is InChI=1S/C20H25ClN2O4S/c1-26-18-9-8-17(21)14-20(18)28(24,25)22-10-5-11-23-12-13-27-19(15-23)16-6-3-2-4-7-16/h2-4,6-9,14,19,22H,5,10-13,15H2,1H3/t19-/m0/s1. The van der Waals surface area contributed by atoms with Crippen molar-refractivity contribution in [3.63, 3.8) is 0 Å². The van der Waals surface area contributed by atoms with E-state index in [2.05, 4.69) is 21.8 Å². The predicted molar refractivity (Wildman–Crippen MR) is 109 cm³/mol. The molecule has 0 aromatic heterocycles. The fourth-order valence-electron chi connectivity index (χ4n) is 3.22.